The number of aromatic nitrogens is 3. The molecular formula is C23H24F4N4O2S. The lowest BCUT2D eigenvalue weighted by Crippen LogP contribution is -2.23. The highest BCUT2D eigenvalue weighted by Crippen LogP contribution is 2.36. The minimum Gasteiger partial charge on any atom is -0.363 e. The molecule has 6 nitrogen and oxygen atoms in total. The fraction of sp³-hybridized carbons (Fsp3) is 0.435. The van der Waals surface area contributed by atoms with E-state index >= 15 is 0 Å². The van der Waals surface area contributed by atoms with Gasteiger partial charge in [-0.25, -0.2) is 27.8 Å². The van der Waals surface area contributed by atoms with Crippen LogP contribution < -0.4 is 5.32 Å². The van der Waals surface area contributed by atoms with E-state index in [-0.39, 0.29) is 23.0 Å². The molecule has 1 saturated heterocycles. The number of rotatable bonds is 4. The Labute approximate surface area is 194 Å². The van der Waals surface area contributed by atoms with E-state index in [1.807, 2.05) is 13.0 Å². The maximum atomic E-state index is 14.7. The van der Waals surface area contributed by atoms with Crippen LogP contribution in [0.5, 0.6) is 0 Å². The lowest BCUT2D eigenvalue weighted by Gasteiger charge is -2.24. The van der Waals surface area contributed by atoms with Crippen molar-refractivity contribution >= 4 is 26.7 Å². The van der Waals surface area contributed by atoms with Gasteiger partial charge in [-0.05, 0) is 57.2 Å². The molecule has 0 bridgehead atoms. The standard InChI is InChI=1S/C23H24F4N4O2S/c1-12(16-5-4-6-19(20(16)24)23(25,26)27)28-21-18-11-17(15-7-9-34(32,33)10-8-15)13(2)29-22(18)31-14(3)30-21/h4-6,11-12,15H,7-10H2,1-3H3,(H,28,29,30,31)/t12-/m1/s1. The van der Waals surface area contributed by atoms with Gasteiger partial charge in [0.25, 0.3) is 0 Å². The van der Waals surface area contributed by atoms with Gasteiger partial charge in [-0.2, -0.15) is 13.2 Å². The van der Waals surface area contributed by atoms with Crippen LogP contribution in [0, 0.1) is 19.7 Å². The largest absolute Gasteiger partial charge is 0.419 e. The number of pyridine rings is 1. The summed E-state index contributed by atoms with van der Waals surface area (Å²) in [7, 11) is -3.03. The Kier molecular flexibility index (Phi) is 6.26. The lowest BCUT2D eigenvalue weighted by atomic mass is 9.91. The van der Waals surface area contributed by atoms with Gasteiger partial charge in [-0.1, -0.05) is 12.1 Å². The fourth-order valence-electron chi connectivity index (χ4n) is 4.38. The maximum Gasteiger partial charge on any atom is 0.419 e. The molecule has 0 unspecified atom stereocenters. The van der Waals surface area contributed by atoms with Gasteiger partial charge in [-0.3, -0.25) is 0 Å². The van der Waals surface area contributed by atoms with Crippen LogP contribution in [-0.2, 0) is 16.0 Å². The predicted octanol–water partition coefficient (Wildman–Crippen LogP) is 5.26. The summed E-state index contributed by atoms with van der Waals surface area (Å²) in [6.07, 6.45) is -3.84. The molecule has 0 radical (unpaired) electrons. The zero-order valence-electron chi connectivity index (χ0n) is 18.9. The van der Waals surface area contributed by atoms with Gasteiger partial charge in [0.2, 0.25) is 0 Å². The third kappa shape index (κ3) is 4.84. The molecule has 0 saturated carbocycles. The van der Waals surface area contributed by atoms with Crippen LogP contribution in [-0.4, -0.2) is 34.9 Å². The quantitative estimate of drug-likeness (QED) is 0.496. The van der Waals surface area contributed by atoms with Crippen molar-refractivity contribution in [2.24, 2.45) is 0 Å². The Balaban J connectivity index is 1.73. The van der Waals surface area contributed by atoms with E-state index in [4.69, 9.17) is 0 Å². The summed E-state index contributed by atoms with van der Waals surface area (Å²) >= 11 is 0. The predicted molar refractivity (Wildman–Crippen MR) is 121 cm³/mol. The number of fused-ring (bicyclic) bond motifs is 1. The Morgan fingerprint density at radius 2 is 1.76 bits per heavy atom. The van der Waals surface area contributed by atoms with Gasteiger partial charge in [0.1, 0.15) is 27.3 Å². The van der Waals surface area contributed by atoms with Crippen molar-refractivity contribution in [2.45, 2.75) is 51.7 Å². The summed E-state index contributed by atoms with van der Waals surface area (Å²) in [5, 5.41) is 3.57. The molecule has 0 amide bonds. The molecule has 1 fully saturated rings. The van der Waals surface area contributed by atoms with Gasteiger partial charge in [0, 0.05) is 11.3 Å². The van der Waals surface area contributed by atoms with Crippen molar-refractivity contribution in [2.75, 3.05) is 16.8 Å². The second kappa shape index (κ2) is 8.75. The number of aryl methyl sites for hydroxylation is 2. The number of sulfone groups is 1. The number of hydrogen-bond acceptors (Lipinski definition) is 6. The van der Waals surface area contributed by atoms with E-state index in [0.717, 1.165) is 11.3 Å². The first kappa shape index (κ1) is 24.3. The number of nitrogens with one attached hydrogen (secondary N) is 1. The van der Waals surface area contributed by atoms with Crippen molar-refractivity contribution in [3.05, 3.63) is 58.3 Å². The van der Waals surface area contributed by atoms with Gasteiger partial charge >= 0.3 is 6.18 Å². The zero-order chi connectivity index (χ0) is 24.8. The molecule has 0 spiro atoms. The maximum absolute atomic E-state index is 14.7. The summed E-state index contributed by atoms with van der Waals surface area (Å²) in [6, 6.07) is 4.21. The average Bonchev–Trinajstić information content (AvgIpc) is 2.72. The molecule has 11 heteroatoms. The van der Waals surface area contributed by atoms with E-state index in [0.29, 0.717) is 41.6 Å². The third-order valence-corrected chi connectivity index (χ3v) is 7.89. The number of halogens is 4. The number of alkyl halides is 3. The number of nitrogens with zero attached hydrogens (tertiary/aromatic N) is 3. The van der Waals surface area contributed by atoms with Crippen molar-refractivity contribution in [1.82, 2.24) is 15.0 Å². The SMILES string of the molecule is Cc1nc(N[C@H](C)c2cccc(C(F)(F)F)c2F)c2cc(C3CCS(=O)(=O)CC3)c(C)nc2n1. The van der Waals surface area contributed by atoms with Gasteiger partial charge in [0.05, 0.1) is 28.5 Å². The highest BCUT2D eigenvalue weighted by molar-refractivity contribution is 7.91. The van der Waals surface area contributed by atoms with Crippen LogP contribution in [0.25, 0.3) is 11.0 Å². The van der Waals surface area contributed by atoms with E-state index in [1.54, 1.807) is 13.8 Å². The molecule has 2 aromatic heterocycles. The summed E-state index contributed by atoms with van der Waals surface area (Å²) in [6.45, 7) is 5.05. The minimum atomic E-state index is -4.80. The topological polar surface area (TPSA) is 84.8 Å². The molecule has 0 aliphatic carbocycles. The summed E-state index contributed by atoms with van der Waals surface area (Å²) in [5.41, 5.74) is 0.552. The number of hydrogen-bond donors (Lipinski definition) is 1. The minimum absolute atomic E-state index is 0.00733. The van der Waals surface area contributed by atoms with Crippen LogP contribution in [0.4, 0.5) is 23.4 Å². The normalized spacial score (nSPS) is 17.6. The van der Waals surface area contributed by atoms with Crippen LogP contribution >= 0.6 is 0 Å². The molecule has 1 aliphatic rings. The number of benzene rings is 1. The molecule has 3 aromatic rings. The Morgan fingerprint density at radius 3 is 2.41 bits per heavy atom. The lowest BCUT2D eigenvalue weighted by molar-refractivity contribution is -0.140. The highest BCUT2D eigenvalue weighted by Gasteiger charge is 2.35. The van der Waals surface area contributed by atoms with Gasteiger partial charge in [0.15, 0.2) is 5.65 Å². The van der Waals surface area contributed by atoms with Crippen LogP contribution in [0.15, 0.2) is 24.3 Å². The van der Waals surface area contributed by atoms with Crippen LogP contribution in [0.1, 0.15) is 59.9 Å². The van der Waals surface area contributed by atoms with E-state index in [2.05, 4.69) is 20.3 Å². The van der Waals surface area contributed by atoms with Gasteiger partial charge in [-0.15, -0.1) is 0 Å². The number of anilines is 1. The van der Waals surface area contributed by atoms with E-state index in [1.165, 1.54) is 12.1 Å². The Morgan fingerprint density at radius 1 is 1.09 bits per heavy atom. The molecular weight excluding hydrogens is 472 g/mol. The third-order valence-electron chi connectivity index (χ3n) is 6.18. The molecule has 1 aliphatic heterocycles. The molecule has 4 rings (SSSR count). The van der Waals surface area contributed by atoms with Crippen LogP contribution in [0.2, 0.25) is 0 Å². The average molecular weight is 497 g/mol. The van der Waals surface area contributed by atoms with Crippen molar-refractivity contribution in [3.63, 3.8) is 0 Å². The molecule has 1 N–H and O–H groups in total. The first-order chi connectivity index (χ1) is 15.9. The first-order valence-electron chi connectivity index (χ1n) is 10.8. The summed E-state index contributed by atoms with van der Waals surface area (Å²) < 4.78 is 77.8. The summed E-state index contributed by atoms with van der Waals surface area (Å²) in [4.78, 5) is 13.4. The van der Waals surface area contributed by atoms with Gasteiger partial charge < -0.3 is 5.32 Å². The second-order valence-corrected chi connectivity index (χ2v) is 11.0. The fourth-order valence-corrected chi connectivity index (χ4v) is 5.87. The Hall–Kier alpha value is -2.82. The molecule has 182 valence electrons. The zero-order valence-corrected chi connectivity index (χ0v) is 19.7. The monoisotopic (exact) mass is 496 g/mol. The Bertz CT molecular complexity index is 1350. The van der Waals surface area contributed by atoms with Crippen LogP contribution in [0.3, 0.4) is 0 Å². The molecule has 3 heterocycles. The molecule has 1 aromatic carbocycles. The van der Waals surface area contributed by atoms with E-state index < -0.39 is 33.4 Å². The highest BCUT2D eigenvalue weighted by atomic mass is 32.2. The smallest absolute Gasteiger partial charge is 0.363 e. The van der Waals surface area contributed by atoms with Crippen molar-refractivity contribution in [3.8, 4) is 0 Å². The van der Waals surface area contributed by atoms with Crippen molar-refractivity contribution < 1.29 is 26.0 Å². The second-order valence-electron chi connectivity index (χ2n) is 8.65. The molecule has 34 heavy (non-hydrogen) atoms. The first-order valence-corrected chi connectivity index (χ1v) is 12.7. The molecule has 1 atom stereocenters. The van der Waals surface area contributed by atoms with Crippen molar-refractivity contribution in [1.29, 1.82) is 0 Å². The van der Waals surface area contributed by atoms with E-state index in [9.17, 15) is 26.0 Å². The summed E-state index contributed by atoms with van der Waals surface area (Å²) in [5.74, 6) is -0.386.